The number of hydrogen-bond donors (Lipinski definition) is 0. The second-order valence-electron chi connectivity index (χ2n) is 3.96. The van der Waals surface area contributed by atoms with Crippen LogP contribution in [0.1, 0.15) is 33.6 Å². The fourth-order valence-electron chi connectivity index (χ4n) is 2.03. The van der Waals surface area contributed by atoms with Crippen molar-refractivity contribution in [3.63, 3.8) is 0 Å². The van der Waals surface area contributed by atoms with E-state index >= 15 is 0 Å². The Labute approximate surface area is 75.6 Å². The van der Waals surface area contributed by atoms with E-state index in [2.05, 4.69) is 38.6 Å². The minimum atomic E-state index is 0.434. The molecule has 0 saturated heterocycles. The van der Waals surface area contributed by atoms with Crippen LogP contribution in [-0.4, -0.2) is 12.8 Å². The molecule has 0 N–H and O–H groups in total. The molecular formula is C11H19N. The van der Waals surface area contributed by atoms with Crippen molar-refractivity contribution in [2.75, 3.05) is 0 Å². The molecule has 0 aliphatic heterocycles. The highest BCUT2D eigenvalue weighted by Gasteiger charge is 2.24. The molecule has 12 heavy (non-hydrogen) atoms. The van der Waals surface area contributed by atoms with Crippen LogP contribution in [0.2, 0.25) is 0 Å². The molecule has 3 atom stereocenters. The molecule has 1 rings (SSSR count). The summed E-state index contributed by atoms with van der Waals surface area (Å²) in [6.07, 6.45) is 4.82. The molecule has 1 nitrogen and oxygen atoms in total. The highest BCUT2D eigenvalue weighted by atomic mass is 14.8. The molecule has 0 heterocycles. The first-order chi connectivity index (χ1) is 5.66. The molecule has 68 valence electrons. The van der Waals surface area contributed by atoms with Crippen molar-refractivity contribution in [2.24, 2.45) is 16.8 Å². The van der Waals surface area contributed by atoms with E-state index in [9.17, 15) is 0 Å². The number of nitrogens with zero attached hydrogens (tertiary/aromatic N) is 1. The van der Waals surface area contributed by atoms with Gasteiger partial charge in [0.05, 0.1) is 6.04 Å². The molecule has 0 amide bonds. The van der Waals surface area contributed by atoms with E-state index < -0.39 is 0 Å². The van der Waals surface area contributed by atoms with Gasteiger partial charge >= 0.3 is 0 Å². The van der Waals surface area contributed by atoms with Crippen molar-refractivity contribution in [2.45, 2.75) is 39.7 Å². The molecule has 0 fully saturated rings. The summed E-state index contributed by atoms with van der Waals surface area (Å²) in [7, 11) is 0. The standard InChI is InChI=1S/C11H19N/c1-8-6-5-7-9(2)11(12-4)10(8)3/h6,9-11H,4-5,7H2,1-3H3. The van der Waals surface area contributed by atoms with Crippen molar-refractivity contribution in [3.05, 3.63) is 11.6 Å². The number of rotatable bonds is 1. The highest BCUT2D eigenvalue weighted by Crippen LogP contribution is 2.29. The van der Waals surface area contributed by atoms with Gasteiger partial charge in [0.1, 0.15) is 0 Å². The minimum Gasteiger partial charge on any atom is -0.297 e. The molecule has 0 saturated carbocycles. The second-order valence-corrected chi connectivity index (χ2v) is 3.96. The van der Waals surface area contributed by atoms with Gasteiger partial charge in [-0.05, 0) is 38.3 Å². The van der Waals surface area contributed by atoms with Crippen LogP contribution in [0.4, 0.5) is 0 Å². The largest absolute Gasteiger partial charge is 0.297 e. The van der Waals surface area contributed by atoms with E-state index in [-0.39, 0.29) is 0 Å². The monoisotopic (exact) mass is 165 g/mol. The van der Waals surface area contributed by atoms with Crippen LogP contribution in [0.15, 0.2) is 16.6 Å². The van der Waals surface area contributed by atoms with Crippen LogP contribution in [-0.2, 0) is 0 Å². The Morgan fingerprint density at radius 2 is 2.17 bits per heavy atom. The van der Waals surface area contributed by atoms with Crippen LogP contribution in [0, 0.1) is 11.8 Å². The minimum absolute atomic E-state index is 0.434. The Bertz CT molecular complexity index is 193. The maximum Gasteiger partial charge on any atom is 0.0580 e. The van der Waals surface area contributed by atoms with E-state index in [1.165, 1.54) is 18.4 Å². The van der Waals surface area contributed by atoms with Gasteiger partial charge in [0.2, 0.25) is 0 Å². The van der Waals surface area contributed by atoms with Gasteiger partial charge in [-0.3, -0.25) is 4.99 Å². The van der Waals surface area contributed by atoms with Crippen LogP contribution in [0.5, 0.6) is 0 Å². The normalized spacial score (nSPS) is 36.9. The lowest BCUT2D eigenvalue weighted by Crippen LogP contribution is -2.22. The Morgan fingerprint density at radius 3 is 2.75 bits per heavy atom. The molecular weight excluding hydrogens is 146 g/mol. The lowest BCUT2D eigenvalue weighted by molar-refractivity contribution is 0.376. The molecule has 0 bridgehead atoms. The number of hydrogen-bond acceptors (Lipinski definition) is 1. The summed E-state index contributed by atoms with van der Waals surface area (Å²) in [6, 6.07) is 0.434. The molecule has 0 aromatic heterocycles. The van der Waals surface area contributed by atoms with Gasteiger partial charge in [-0.15, -0.1) is 0 Å². The first-order valence-corrected chi connectivity index (χ1v) is 4.79. The van der Waals surface area contributed by atoms with Gasteiger partial charge in [0.25, 0.3) is 0 Å². The zero-order chi connectivity index (χ0) is 9.14. The summed E-state index contributed by atoms with van der Waals surface area (Å²) < 4.78 is 0. The Kier molecular flexibility index (Phi) is 3.07. The number of allylic oxidation sites excluding steroid dienone is 1. The van der Waals surface area contributed by atoms with Crippen molar-refractivity contribution < 1.29 is 0 Å². The predicted octanol–water partition coefficient (Wildman–Crippen LogP) is 3.07. The van der Waals surface area contributed by atoms with Crippen molar-refractivity contribution in [1.82, 2.24) is 0 Å². The zero-order valence-corrected chi connectivity index (χ0v) is 8.38. The predicted molar refractivity (Wildman–Crippen MR) is 54.7 cm³/mol. The van der Waals surface area contributed by atoms with Crippen LogP contribution in [0.3, 0.4) is 0 Å². The molecule has 1 aliphatic rings. The average Bonchev–Trinajstić information content (AvgIpc) is 2.14. The first kappa shape index (κ1) is 9.50. The molecule has 1 aliphatic carbocycles. The molecule has 0 spiro atoms. The van der Waals surface area contributed by atoms with Crippen LogP contribution in [0.25, 0.3) is 0 Å². The van der Waals surface area contributed by atoms with E-state index in [0.29, 0.717) is 17.9 Å². The molecule has 0 aromatic rings. The summed E-state index contributed by atoms with van der Waals surface area (Å²) in [5, 5.41) is 0. The van der Waals surface area contributed by atoms with E-state index in [0.717, 1.165) is 0 Å². The van der Waals surface area contributed by atoms with Crippen LogP contribution < -0.4 is 0 Å². The van der Waals surface area contributed by atoms with Gasteiger partial charge in [0, 0.05) is 0 Å². The first-order valence-electron chi connectivity index (χ1n) is 4.79. The smallest absolute Gasteiger partial charge is 0.0580 e. The summed E-state index contributed by atoms with van der Waals surface area (Å²) in [5.74, 6) is 1.27. The van der Waals surface area contributed by atoms with E-state index in [1.54, 1.807) is 0 Å². The topological polar surface area (TPSA) is 12.4 Å². The maximum atomic E-state index is 4.23. The number of aliphatic imine (C=N–C) groups is 1. The quantitative estimate of drug-likeness (QED) is 0.418. The van der Waals surface area contributed by atoms with Crippen molar-refractivity contribution in [3.8, 4) is 0 Å². The third kappa shape index (κ3) is 1.77. The Morgan fingerprint density at radius 1 is 1.50 bits per heavy atom. The molecule has 0 aromatic carbocycles. The second kappa shape index (κ2) is 3.88. The van der Waals surface area contributed by atoms with Crippen LogP contribution >= 0.6 is 0 Å². The fraction of sp³-hybridized carbons (Fsp3) is 0.727. The van der Waals surface area contributed by atoms with Crippen molar-refractivity contribution >= 4 is 6.72 Å². The lowest BCUT2D eigenvalue weighted by Gasteiger charge is -2.23. The third-order valence-electron chi connectivity index (χ3n) is 3.11. The SMILES string of the molecule is C=NC1C(C)CCC=C(C)C1C. The third-order valence-corrected chi connectivity index (χ3v) is 3.11. The molecule has 3 unspecified atom stereocenters. The average molecular weight is 165 g/mol. The summed E-state index contributed by atoms with van der Waals surface area (Å²) in [5.41, 5.74) is 1.48. The Balaban J connectivity index is 2.80. The van der Waals surface area contributed by atoms with Gasteiger partial charge in [-0.1, -0.05) is 25.5 Å². The van der Waals surface area contributed by atoms with Gasteiger partial charge in [0.15, 0.2) is 0 Å². The fourth-order valence-corrected chi connectivity index (χ4v) is 2.03. The maximum absolute atomic E-state index is 4.23. The highest BCUT2D eigenvalue weighted by molar-refractivity contribution is 5.26. The summed E-state index contributed by atoms with van der Waals surface area (Å²) in [4.78, 5) is 4.23. The lowest BCUT2D eigenvalue weighted by atomic mass is 9.87. The zero-order valence-electron chi connectivity index (χ0n) is 8.38. The summed E-state index contributed by atoms with van der Waals surface area (Å²) in [6.45, 7) is 10.4. The summed E-state index contributed by atoms with van der Waals surface area (Å²) >= 11 is 0. The molecule has 0 radical (unpaired) electrons. The van der Waals surface area contributed by atoms with E-state index in [4.69, 9.17) is 0 Å². The molecule has 1 heteroatoms. The Hall–Kier alpha value is -0.590. The van der Waals surface area contributed by atoms with Gasteiger partial charge in [-0.25, -0.2) is 0 Å². The van der Waals surface area contributed by atoms with Gasteiger partial charge in [-0.2, -0.15) is 0 Å². The van der Waals surface area contributed by atoms with Gasteiger partial charge < -0.3 is 0 Å². The van der Waals surface area contributed by atoms with Crippen molar-refractivity contribution in [1.29, 1.82) is 0 Å². The van der Waals surface area contributed by atoms with E-state index in [1.807, 2.05) is 0 Å².